The highest BCUT2D eigenvalue weighted by Gasteiger charge is 2.36. The van der Waals surface area contributed by atoms with Crippen LogP contribution >= 0.6 is 15.9 Å². The second-order valence-electron chi connectivity index (χ2n) is 6.57. The summed E-state index contributed by atoms with van der Waals surface area (Å²) >= 11 is 3.50. The third-order valence-electron chi connectivity index (χ3n) is 4.73. The molecule has 1 saturated carbocycles. The van der Waals surface area contributed by atoms with Crippen molar-refractivity contribution in [2.24, 2.45) is 11.3 Å². The van der Waals surface area contributed by atoms with E-state index in [-0.39, 0.29) is 11.5 Å². The first-order valence-electron chi connectivity index (χ1n) is 7.44. The van der Waals surface area contributed by atoms with Gasteiger partial charge in [-0.3, -0.25) is 0 Å². The van der Waals surface area contributed by atoms with Crippen LogP contribution in [0, 0.1) is 11.3 Å². The van der Waals surface area contributed by atoms with Crippen molar-refractivity contribution >= 4 is 15.9 Å². The van der Waals surface area contributed by atoms with Crippen molar-refractivity contribution in [1.29, 1.82) is 0 Å². The molecular weight excluding hydrogens is 316 g/mol. The lowest BCUT2D eigenvalue weighted by Crippen LogP contribution is -2.37. The molecule has 2 nitrogen and oxygen atoms in total. The van der Waals surface area contributed by atoms with Crippen molar-refractivity contribution in [3.05, 3.63) is 28.2 Å². The molecule has 0 radical (unpaired) electrons. The maximum Gasteiger partial charge on any atom is 0.122 e. The molecule has 112 valence electrons. The average molecular weight is 341 g/mol. The van der Waals surface area contributed by atoms with Crippen molar-refractivity contribution in [2.45, 2.75) is 52.1 Å². The molecule has 1 N–H and O–H groups in total. The van der Waals surface area contributed by atoms with Crippen LogP contribution in [0.1, 0.15) is 45.1 Å². The third kappa shape index (κ3) is 3.56. The number of hydrogen-bond donors (Lipinski definition) is 1. The predicted octanol–water partition coefficient (Wildman–Crippen LogP) is 4.58. The SMILES string of the molecule is COc1ccc(Br)cc1CC(O)C1CCCCC1(C)C. The Kier molecular flexibility index (Phi) is 5.14. The van der Waals surface area contributed by atoms with E-state index in [1.165, 1.54) is 19.3 Å². The molecule has 2 unspecified atom stereocenters. The molecule has 0 aromatic heterocycles. The first-order chi connectivity index (χ1) is 9.44. The molecule has 1 aliphatic carbocycles. The van der Waals surface area contributed by atoms with Gasteiger partial charge in [-0.2, -0.15) is 0 Å². The van der Waals surface area contributed by atoms with Gasteiger partial charge >= 0.3 is 0 Å². The highest BCUT2D eigenvalue weighted by molar-refractivity contribution is 9.10. The van der Waals surface area contributed by atoms with E-state index in [0.717, 1.165) is 22.2 Å². The van der Waals surface area contributed by atoms with Crippen molar-refractivity contribution in [2.75, 3.05) is 7.11 Å². The molecule has 0 heterocycles. The van der Waals surface area contributed by atoms with E-state index in [2.05, 4.69) is 35.8 Å². The summed E-state index contributed by atoms with van der Waals surface area (Å²) in [5, 5.41) is 10.7. The largest absolute Gasteiger partial charge is 0.496 e. The fourth-order valence-electron chi connectivity index (χ4n) is 3.51. The number of halogens is 1. The first-order valence-corrected chi connectivity index (χ1v) is 8.24. The maximum atomic E-state index is 10.7. The highest BCUT2D eigenvalue weighted by Crippen LogP contribution is 2.43. The summed E-state index contributed by atoms with van der Waals surface area (Å²) < 4.78 is 6.44. The number of hydrogen-bond acceptors (Lipinski definition) is 2. The predicted molar refractivity (Wildman–Crippen MR) is 86.1 cm³/mol. The van der Waals surface area contributed by atoms with Gasteiger partial charge in [0.15, 0.2) is 0 Å². The number of ether oxygens (including phenoxy) is 1. The van der Waals surface area contributed by atoms with Crippen molar-refractivity contribution in [1.82, 2.24) is 0 Å². The summed E-state index contributed by atoms with van der Waals surface area (Å²) in [6.07, 6.45) is 5.23. The lowest BCUT2D eigenvalue weighted by molar-refractivity contribution is 0.00553. The van der Waals surface area contributed by atoms with Gasteiger partial charge < -0.3 is 9.84 Å². The fraction of sp³-hybridized carbons (Fsp3) is 0.647. The minimum absolute atomic E-state index is 0.233. The van der Waals surface area contributed by atoms with Crippen LogP contribution in [0.25, 0.3) is 0 Å². The second-order valence-corrected chi connectivity index (χ2v) is 7.48. The highest BCUT2D eigenvalue weighted by atomic mass is 79.9. The van der Waals surface area contributed by atoms with Gasteiger partial charge in [0.1, 0.15) is 5.75 Å². The van der Waals surface area contributed by atoms with Crippen molar-refractivity contribution in [3.8, 4) is 5.75 Å². The summed E-state index contributed by atoms with van der Waals surface area (Å²) in [5.74, 6) is 1.24. The van der Waals surface area contributed by atoms with Gasteiger partial charge in [0, 0.05) is 10.9 Å². The Bertz CT molecular complexity index is 456. The molecule has 1 fully saturated rings. The molecule has 2 rings (SSSR count). The molecule has 1 aromatic rings. The summed E-state index contributed by atoms with van der Waals surface area (Å²) in [6, 6.07) is 5.98. The number of rotatable bonds is 4. The Labute approximate surface area is 130 Å². The zero-order valence-corrected chi connectivity index (χ0v) is 14.2. The van der Waals surface area contributed by atoms with Crippen molar-refractivity contribution < 1.29 is 9.84 Å². The standard InChI is InChI=1S/C17H25BrO2/c1-17(2)9-5-4-6-14(17)15(19)11-12-10-13(18)7-8-16(12)20-3/h7-8,10,14-15,19H,4-6,9,11H2,1-3H3. The average Bonchev–Trinajstić information content (AvgIpc) is 2.38. The van der Waals surface area contributed by atoms with Gasteiger partial charge in [-0.1, -0.05) is 42.6 Å². The molecule has 20 heavy (non-hydrogen) atoms. The Morgan fingerprint density at radius 1 is 1.40 bits per heavy atom. The normalized spacial score (nSPS) is 23.4. The number of aliphatic hydroxyl groups excluding tert-OH is 1. The zero-order valence-electron chi connectivity index (χ0n) is 12.7. The van der Waals surface area contributed by atoms with Crippen LogP contribution in [-0.4, -0.2) is 18.3 Å². The van der Waals surface area contributed by atoms with Crippen molar-refractivity contribution in [3.63, 3.8) is 0 Å². The summed E-state index contributed by atoms with van der Waals surface area (Å²) in [5.41, 5.74) is 1.31. The molecule has 0 spiro atoms. The van der Waals surface area contributed by atoms with Crippen LogP contribution in [-0.2, 0) is 6.42 Å². The van der Waals surface area contributed by atoms with Gasteiger partial charge in [-0.05, 0) is 47.9 Å². The molecule has 2 atom stereocenters. The van der Waals surface area contributed by atoms with Gasteiger partial charge in [0.25, 0.3) is 0 Å². The Morgan fingerprint density at radius 3 is 2.80 bits per heavy atom. The van der Waals surface area contributed by atoms with E-state index in [0.29, 0.717) is 12.3 Å². The molecule has 0 aliphatic heterocycles. The van der Waals surface area contributed by atoms with Crippen LogP contribution in [0.3, 0.4) is 0 Å². The van der Waals surface area contributed by atoms with Gasteiger partial charge in [-0.15, -0.1) is 0 Å². The summed E-state index contributed by atoms with van der Waals surface area (Å²) in [6.45, 7) is 4.58. The topological polar surface area (TPSA) is 29.5 Å². The monoisotopic (exact) mass is 340 g/mol. The molecule has 1 aromatic carbocycles. The van der Waals surface area contributed by atoms with Gasteiger partial charge in [-0.25, -0.2) is 0 Å². The van der Waals surface area contributed by atoms with E-state index < -0.39 is 0 Å². The lowest BCUT2D eigenvalue weighted by atomic mass is 9.66. The molecule has 0 amide bonds. The van der Waals surface area contributed by atoms with Crippen LogP contribution in [0.15, 0.2) is 22.7 Å². The quantitative estimate of drug-likeness (QED) is 0.869. The Hall–Kier alpha value is -0.540. The van der Waals surface area contributed by atoms with Crippen LogP contribution in [0.4, 0.5) is 0 Å². The Balaban J connectivity index is 2.14. The molecule has 0 bridgehead atoms. The smallest absolute Gasteiger partial charge is 0.122 e. The number of aliphatic hydroxyl groups is 1. The van der Waals surface area contributed by atoms with E-state index in [4.69, 9.17) is 4.74 Å². The van der Waals surface area contributed by atoms with Crippen LogP contribution in [0.2, 0.25) is 0 Å². The third-order valence-corrected chi connectivity index (χ3v) is 5.22. The van der Waals surface area contributed by atoms with Gasteiger partial charge in [0.2, 0.25) is 0 Å². The van der Waals surface area contributed by atoms with E-state index in [9.17, 15) is 5.11 Å². The van der Waals surface area contributed by atoms with Crippen LogP contribution in [0.5, 0.6) is 5.75 Å². The number of benzene rings is 1. The van der Waals surface area contributed by atoms with Gasteiger partial charge in [0.05, 0.1) is 13.2 Å². The van der Waals surface area contributed by atoms with E-state index in [1.54, 1.807) is 7.11 Å². The summed E-state index contributed by atoms with van der Waals surface area (Å²) in [7, 11) is 1.68. The van der Waals surface area contributed by atoms with E-state index >= 15 is 0 Å². The molecule has 0 saturated heterocycles. The molecular formula is C17H25BrO2. The fourth-order valence-corrected chi connectivity index (χ4v) is 3.92. The second kappa shape index (κ2) is 6.48. The van der Waals surface area contributed by atoms with Crippen LogP contribution < -0.4 is 4.74 Å². The minimum atomic E-state index is -0.298. The zero-order chi connectivity index (χ0) is 14.8. The Morgan fingerprint density at radius 2 is 2.15 bits per heavy atom. The summed E-state index contributed by atoms with van der Waals surface area (Å²) in [4.78, 5) is 0. The lowest BCUT2D eigenvalue weighted by Gasteiger charge is -2.41. The molecule has 1 aliphatic rings. The number of methoxy groups -OCH3 is 1. The molecule has 3 heteroatoms. The van der Waals surface area contributed by atoms with E-state index in [1.807, 2.05) is 12.1 Å². The maximum absolute atomic E-state index is 10.7. The minimum Gasteiger partial charge on any atom is -0.496 e. The first kappa shape index (κ1) is 15.8.